The number of rotatable bonds is 8. The molecule has 10 heteroatoms. The number of hydrogen-bond donors (Lipinski definition) is 4. The number of carboxylic acids is 1. The first kappa shape index (κ1) is 25.2. The number of nitrogens with two attached hydrogens (primary N) is 1. The highest BCUT2D eigenvalue weighted by Crippen LogP contribution is 2.23. The van der Waals surface area contributed by atoms with Gasteiger partial charge in [0.25, 0.3) is 0 Å². The Bertz CT molecular complexity index is 1070. The van der Waals surface area contributed by atoms with E-state index >= 15 is 0 Å². The molecule has 2 aromatic rings. The summed E-state index contributed by atoms with van der Waals surface area (Å²) in [6.45, 7) is 0.294. The first-order chi connectivity index (χ1) is 16.1. The highest BCUT2D eigenvalue weighted by molar-refractivity contribution is 6.35. The Morgan fingerprint density at radius 3 is 2.41 bits per heavy atom. The van der Waals surface area contributed by atoms with Crippen molar-refractivity contribution in [2.45, 2.75) is 31.4 Å². The Morgan fingerprint density at radius 2 is 1.82 bits per heavy atom. The number of nitrogens with zero attached hydrogens (tertiary/aromatic N) is 1. The number of benzene rings is 2. The van der Waals surface area contributed by atoms with Gasteiger partial charge in [0.15, 0.2) is 6.10 Å². The standard InChI is InChI=1S/C24H26ClN3O6/c25-18-3-1-2-16(11-18)15-6-4-14(5-7-15)10-19(12-20(29)24(33)34)27-22(31)23(32)28-9-8-17(13-28)21(26)30/h1-7,11,17,19-20,29H,8-10,12-13H2,(H2,26,30)(H,27,31)(H,33,34). The second kappa shape index (κ2) is 11.1. The van der Waals surface area contributed by atoms with Crippen LogP contribution >= 0.6 is 11.6 Å². The van der Waals surface area contributed by atoms with Crippen LogP contribution in [0.1, 0.15) is 18.4 Å². The lowest BCUT2D eigenvalue weighted by Crippen LogP contribution is -2.48. The van der Waals surface area contributed by atoms with E-state index in [0.29, 0.717) is 11.4 Å². The van der Waals surface area contributed by atoms with Crippen molar-refractivity contribution in [3.63, 3.8) is 0 Å². The van der Waals surface area contributed by atoms with Crippen LogP contribution in [0.25, 0.3) is 11.1 Å². The molecule has 1 heterocycles. The van der Waals surface area contributed by atoms with Crippen molar-refractivity contribution in [2.24, 2.45) is 11.7 Å². The lowest BCUT2D eigenvalue weighted by atomic mass is 9.98. The van der Waals surface area contributed by atoms with Crippen molar-refractivity contribution in [3.05, 3.63) is 59.1 Å². The minimum absolute atomic E-state index is 0.0645. The molecule has 9 nitrogen and oxygen atoms in total. The average Bonchev–Trinajstić information content (AvgIpc) is 3.29. The number of aliphatic hydroxyl groups is 1. The molecule has 34 heavy (non-hydrogen) atoms. The molecule has 1 fully saturated rings. The number of carboxylic acid groups (broad SMARTS) is 1. The molecule has 0 bridgehead atoms. The van der Waals surface area contributed by atoms with Crippen molar-refractivity contribution in [3.8, 4) is 11.1 Å². The van der Waals surface area contributed by atoms with Crippen molar-refractivity contribution >= 4 is 35.3 Å². The van der Waals surface area contributed by atoms with Crippen molar-refractivity contribution in [1.82, 2.24) is 10.2 Å². The van der Waals surface area contributed by atoms with E-state index in [1.165, 1.54) is 4.90 Å². The van der Waals surface area contributed by atoms with Crippen LogP contribution in [0.2, 0.25) is 5.02 Å². The molecule has 3 rings (SSSR count). The molecule has 5 N–H and O–H groups in total. The number of halogens is 1. The third kappa shape index (κ3) is 6.55. The molecule has 0 spiro atoms. The van der Waals surface area contributed by atoms with E-state index in [4.69, 9.17) is 22.4 Å². The highest BCUT2D eigenvalue weighted by Gasteiger charge is 2.33. The molecule has 3 unspecified atom stereocenters. The molecule has 2 aromatic carbocycles. The number of nitrogens with one attached hydrogen (secondary N) is 1. The van der Waals surface area contributed by atoms with Crippen LogP contribution in [0.3, 0.4) is 0 Å². The van der Waals surface area contributed by atoms with Gasteiger partial charge in [0.1, 0.15) is 0 Å². The predicted octanol–water partition coefficient (Wildman–Crippen LogP) is 1.20. The van der Waals surface area contributed by atoms with Crippen molar-refractivity contribution in [2.75, 3.05) is 13.1 Å². The van der Waals surface area contributed by atoms with Gasteiger partial charge in [-0.05, 0) is 41.7 Å². The van der Waals surface area contributed by atoms with E-state index < -0.39 is 41.8 Å². The summed E-state index contributed by atoms with van der Waals surface area (Å²) in [4.78, 5) is 48.8. The van der Waals surface area contributed by atoms with Gasteiger partial charge in [0.2, 0.25) is 5.91 Å². The summed E-state index contributed by atoms with van der Waals surface area (Å²) >= 11 is 6.05. The van der Waals surface area contributed by atoms with E-state index in [1.807, 2.05) is 42.5 Å². The highest BCUT2D eigenvalue weighted by atomic mass is 35.5. The molecule has 3 amide bonds. The molecule has 3 atom stereocenters. The van der Waals surface area contributed by atoms with Gasteiger partial charge in [-0.25, -0.2) is 4.79 Å². The minimum Gasteiger partial charge on any atom is -0.479 e. The summed E-state index contributed by atoms with van der Waals surface area (Å²) < 4.78 is 0. The Morgan fingerprint density at radius 1 is 1.12 bits per heavy atom. The smallest absolute Gasteiger partial charge is 0.332 e. The number of hydrogen-bond acceptors (Lipinski definition) is 5. The Hall–Kier alpha value is -3.43. The van der Waals surface area contributed by atoms with Gasteiger partial charge in [0, 0.05) is 30.6 Å². The SMILES string of the molecule is NC(=O)C1CCN(C(=O)C(=O)NC(Cc2ccc(-c3cccc(Cl)c3)cc2)CC(O)C(=O)O)C1. The molecular formula is C24H26ClN3O6. The average molecular weight is 488 g/mol. The Labute approximate surface area is 201 Å². The molecule has 1 aliphatic heterocycles. The quantitative estimate of drug-likeness (QED) is 0.411. The Kier molecular flexibility index (Phi) is 8.25. The first-order valence-electron chi connectivity index (χ1n) is 10.8. The fourth-order valence-corrected chi connectivity index (χ4v) is 4.11. The van der Waals surface area contributed by atoms with Crippen LogP contribution in [0, 0.1) is 5.92 Å². The third-order valence-electron chi connectivity index (χ3n) is 5.79. The largest absolute Gasteiger partial charge is 0.479 e. The van der Waals surface area contributed by atoms with E-state index in [1.54, 1.807) is 6.07 Å². The number of carbonyl (C=O) groups is 4. The molecule has 0 saturated carbocycles. The fraction of sp³-hybridized carbons (Fsp3) is 0.333. The summed E-state index contributed by atoms with van der Waals surface area (Å²) in [7, 11) is 0. The van der Waals surface area contributed by atoms with Crippen molar-refractivity contribution < 1.29 is 29.4 Å². The normalized spacial score (nSPS) is 17.1. The molecule has 180 valence electrons. The summed E-state index contributed by atoms with van der Waals surface area (Å²) in [5.41, 5.74) is 7.90. The summed E-state index contributed by atoms with van der Waals surface area (Å²) in [6.07, 6.45) is -1.41. The second-order valence-corrected chi connectivity index (χ2v) is 8.75. The number of amides is 3. The topological polar surface area (TPSA) is 150 Å². The van der Waals surface area contributed by atoms with E-state index in [9.17, 15) is 24.3 Å². The van der Waals surface area contributed by atoms with Crippen LogP contribution in [-0.4, -0.2) is 64.0 Å². The van der Waals surface area contributed by atoms with Gasteiger partial charge in [-0.15, -0.1) is 0 Å². The van der Waals surface area contributed by atoms with E-state index in [2.05, 4.69) is 5.32 Å². The number of primary amides is 1. The zero-order chi connectivity index (χ0) is 24.8. The molecule has 0 radical (unpaired) electrons. The van der Waals surface area contributed by atoms with Crippen LogP contribution in [0.15, 0.2) is 48.5 Å². The Balaban J connectivity index is 1.69. The van der Waals surface area contributed by atoms with Gasteiger partial charge in [-0.3, -0.25) is 14.4 Å². The minimum atomic E-state index is -1.71. The van der Waals surface area contributed by atoms with Crippen LogP contribution in [0.5, 0.6) is 0 Å². The number of carbonyl (C=O) groups excluding carboxylic acids is 3. The van der Waals surface area contributed by atoms with Crippen LogP contribution in [-0.2, 0) is 25.6 Å². The van der Waals surface area contributed by atoms with Gasteiger partial charge < -0.3 is 26.2 Å². The lowest BCUT2D eigenvalue weighted by molar-refractivity contribution is -0.148. The molecule has 1 aliphatic rings. The van der Waals surface area contributed by atoms with Gasteiger partial charge in [0.05, 0.1) is 5.92 Å². The predicted molar refractivity (Wildman–Crippen MR) is 125 cm³/mol. The maximum Gasteiger partial charge on any atom is 0.332 e. The van der Waals surface area contributed by atoms with Gasteiger partial charge >= 0.3 is 17.8 Å². The van der Waals surface area contributed by atoms with Crippen LogP contribution < -0.4 is 11.1 Å². The summed E-state index contributed by atoms with van der Waals surface area (Å²) in [5.74, 6) is -4.21. The molecule has 1 saturated heterocycles. The number of aliphatic carboxylic acids is 1. The molecular weight excluding hydrogens is 462 g/mol. The monoisotopic (exact) mass is 487 g/mol. The number of likely N-dealkylation sites (tertiary alicyclic amines) is 1. The van der Waals surface area contributed by atoms with E-state index in [0.717, 1.165) is 16.7 Å². The maximum atomic E-state index is 12.6. The third-order valence-corrected chi connectivity index (χ3v) is 6.03. The summed E-state index contributed by atoms with van der Waals surface area (Å²) in [5, 5.41) is 22.1. The number of aliphatic hydroxyl groups excluding tert-OH is 1. The van der Waals surface area contributed by atoms with Gasteiger partial charge in [-0.1, -0.05) is 48.0 Å². The van der Waals surface area contributed by atoms with Crippen molar-refractivity contribution in [1.29, 1.82) is 0 Å². The zero-order valence-electron chi connectivity index (χ0n) is 18.3. The fourth-order valence-electron chi connectivity index (χ4n) is 3.92. The summed E-state index contributed by atoms with van der Waals surface area (Å²) in [6, 6.07) is 13.9. The maximum absolute atomic E-state index is 12.6. The molecule has 0 aliphatic carbocycles. The molecule has 0 aromatic heterocycles. The first-order valence-corrected chi connectivity index (χ1v) is 11.2. The van der Waals surface area contributed by atoms with Crippen LogP contribution in [0.4, 0.5) is 0 Å². The van der Waals surface area contributed by atoms with E-state index in [-0.39, 0.29) is 25.9 Å². The van der Waals surface area contributed by atoms with Gasteiger partial charge in [-0.2, -0.15) is 0 Å². The lowest BCUT2D eigenvalue weighted by Gasteiger charge is -2.22. The second-order valence-electron chi connectivity index (χ2n) is 8.31. The zero-order valence-corrected chi connectivity index (χ0v) is 19.1.